The van der Waals surface area contributed by atoms with E-state index in [2.05, 4.69) is 4.98 Å². The van der Waals surface area contributed by atoms with E-state index in [1.165, 1.54) is 11.8 Å². The SMILES string of the molecule is Cc1csc(SC(C)C(=O)N(C)Cc2ccccc2)n1. The normalized spacial score (nSPS) is 12.2. The summed E-state index contributed by atoms with van der Waals surface area (Å²) in [5, 5.41) is 1.89. The van der Waals surface area contributed by atoms with E-state index in [0.29, 0.717) is 6.54 Å². The average Bonchev–Trinajstić information content (AvgIpc) is 2.84. The quantitative estimate of drug-likeness (QED) is 0.792. The van der Waals surface area contributed by atoms with Crippen LogP contribution in [0.3, 0.4) is 0 Å². The van der Waals surface area contributed by atoms with Crippen molar-refractivity contribution >= 4 is 29.0 Å². The first-order chi connectivity index (χ1) is 9.56. The fourth-order valence-electron chi connectivity index (χ4n) is 1.83. The van der Waals surface area contributed by atoms with E-state index >= 15 is 0 Å². The Hall–Kier alpha value is -1.33. The van der Waals surface area contributed by atoms with E-state index in [0.717, 1.165) is 15.6 Å². The van der Waals surface area contributed by atoms with E-state index in [-0.39, 0.29) is 11.2 Å². The molecular weight excluding hydrogens is 288 g/mol. The van der Waals surface area contributed by atoms with Crippen molar-refractivity contribution in [2.75, 3.05) is 7.05 Å². The standard InChI is InChI=1S/C15H18N2OS2/c1-11-10-19-15(16-11)20-12(2)14(18)17(3)9-13-7-5-4-6-8-13/h4-8,10,12H,9H2,1-3H3. The van der Waals surface area contributed by atoms with E-state index < -0.39 is 0 Å². The molecule has 1 atom stereocenters. The smallest absolute Gasteiger partial charge is 0.235 e. The lowest BCUT2D eigenvalue weighted by Gasteiger charge is -2.20. The summed E-state index contributed by atoms with van der Waals surface area (Å²) < 4.78 is 0.955. The Labute approximate surface area is 128 Å². The van der Waals surface area contributed by atoms with Crippen LogP contribution in [0.4, 0.5) is 0 Å². The van der Waals surface area contributed by atoms with E-state index in [9.17, 15) is 4.79 Å². The number of thiazole rings is 1. The van der Waals surface area contributed by atoms with Gasteiger partial charge in [0, 0.05) is 24.7 Å². The molecule has 5 heteroatoms. The summed E-state index contributed by atoms with van der Waals surface area (Å²) in [4.78, 5) is 18.5. The number of aromatic nitrogens is 1. The maximum Gasteiger partial charge on any atom is 0.235 e. The van der Waals surface area contributed by atoms with E-state index in [1.807, 2.05) is 56.6 Å². The maximum atomic E-state index is 12.3. The zero-order valence-corrected chi connectivity index (χ0v) is 13.5. The van der Waals surface area contributed by atoms with Crippen molar-refractivity contribution in [3.8, 4) is 0 Å². The van der Waals surface area contributed by atoms with E-state index in [1.54, 1.807) is 16.2 Å². The van der Waals surface area contributed by atoms with Crippen LogP contribution in [-0.2, 0) is 11.3 Å². The molecule has 2 rings (SSSR count). The fourth-order valence-corrected chi connectivity index (χ4v) is 3.93. The molecule has 0 fully saturated rings. The van der Waals surface area contributed by atoms with Crippen molar-refractivity contribution in [3.05, 3.63) is 47.0 Å². The molecule has 0 saturated heterocycles. The van der Waals surface area contributed by atoms with Crippen LogP contribution in [0.5, 0.6) is 0 Å². The predicted molar refractivity (Wildman–Crippen MR) is 85.1 cm³/mol. The van der Waals surface area contributed by atoms with Gasteiger partial charge in [-0.3, -0.25) is 4.79 Å². The van der Waals surface area contributed by atoms with Gasteiger partial charge in [0.25, 0.3) is 0 Å². The summed E-state index contributed by atoms with van der Waals surface area (Å²) in [6.45, 7) is 4.54. The Bertz CT molecular complexity index is 568. The van der Waals surface area contributed by atoms with Crippen molar-refractivity contribution in [3.63, 3.8) is 0 Å². The van der Waals surface area contributed by atoms with Crippen LogP contribution in [0.15, 0.2) is 40.1 Å². The van der Waals surface area contributed by atoms with Gasteiger partial charge < -0.3 is 4.90 Å². The zero-order chi connectivity index (χ0) is 14.5. The Morgan fingerprint density at radius 2 is 2.10 bits per heavy atom. The Balaban J connectivity index is 1.92. The second-order valence-electron chi connectivity index (χ2n) is 4.69. The molecule has 0 bridgehead atoms. The van der Waals surface area contributed by atoms with Crippen LogP contribution in [0.1, 0.15) is 18.2 Å². The van der Waals surface area contributed by atoms with E-state index in [4.69, 9.17) is 0 Å². The minimum absolute atomic E-state index is 0.116. The molecule has 0 spiro atoms. The number of hydrogen-bond acceptors (Lipinski definition) is 4. The molecular formula is C15H18N2OS2. The Morgan fingerprint density at radius 1 is 1.40 bits per heavy atom. The topological polar surface area (TPSA) is 33.2 Å². The lowest BCUT2D eigenvalue weighted by Crippen LogP contribution is -2.32. The van der Waals surface area contributed by atoms with Gasteiger partial charge in [-0.15, -0.1) is 11.3 Å². The molecule has 1 aromatic heterocycles. The van der Waals surface area contributed by atoms with Crippen molar-refractivity contribution < 1.29 is 4.79 Å². The molecule has 1 heterocycles. The van der Waals surface area contributed by atoms with Crippen LogP contribution in [0.2, 0.25) is 0 Å². The number of aryl methyl sites for hydroxylation is 1. The lowest BCUT2D eigenvalue weighted by molar-refractivity contribution is -0.129. The molecule has 0 radical (unpaired) electrons. The van der Waals surface area contributed by atoms with Gasteiger partial charge in [0.15, 0.2) is 4.34 Å². The predicted octanol–water partition coefficient (Wildman–Crippen LogP) is 3.59. The number of hydrogen-bond donors (Lipinski definition) is 0. The van der Waals surface area contributed by atoms with Crippen molar-refractivity contribution in [2.45, 2.75) is 30.0 Å². The summed E-state index contributed by atoms with van der Waals surface area (Å²) in [5.41, 5.74) is 2.15. The van der Waals surface area contributed by atoms with Gasteiger partial charge in [0.1, 0.15) is 0 Å². The number of nitrogens with zero attached hydrogens (tertiary/aromatic N) is 2. The monoisotopic (exact) mass is 306 g/mol. The maximum absolute atomic E-state index is 12.3. The summed E-state index contributed by atoms with van der Waals surface area (Å²) in [7, 11) is 1.85. The first kappa shape index (κ1) is 15.1. The summed E-state index contributed by atoms with van der Waals surface area (Å²) in [6, 6.07) is 10.0. The highest BCUT2D eigenvalue weighted by atomic mass is 32.2. The number of amides is 1. The molecule has 20 heavy (non-hydrogen) atoms. The van der Waals surface area contributed by atoms with Crippen molar-refractivity contribution in [1.29, 1.82) is 0 Å². The van der Waals surface area contributed by atoms with Gasteiger partial charge in [0.2, 0.25) is 5.91 Å². The highest BCUT2D eigenvalue weighted by molar-refractivity contribution is 8.02. The second-order valence-corrected chi connectivity index (χ2v) is 7.14. The third-order valence-corrected chi connectivity index (χ3v) is 5.04. The molecule has 1 unspecified atom stereocenters. The third kappa shape index (κ3) is 4.08. The average molecular weight is 306 g/mol. The number of rotatable bonds is 5. The number of benzene rings is 1. The van der Waals surface area contributed by atoms with Crippen molar-refractivity contribution in [1.82, 2.24) is 9.88 Å². The molecule has 0 N–H and O–H groups in total. The van der Waals surface area contributed by atoms with Crippen molar-refractivity contribution in [2.24, 2.45) is 0 Å². The molecule has 0 saturated carbocycles. The minimum Gasteiger partial charge on any atom is -0.340 e. The van der Waals surface area contributed by atoms with Gasteiger partial charge in [-0.25, -0.2) is 4.98 Å². The summed E-state index contributed by atoms with van der Waals surface area (Å²) >= 11 is 3.12. The zero-order valence-electron chi connectivity index (χ0n) is 11.9. The molecule has 0 aliphatic carbocycles. The largest absolute Gasteiger partial charge is 0.340 e. The Kier molecular flexibility index (Phi) is 5.20. The number of thioether (sulfide) groups is 1. The minimum atomic E-state index is -0.116. The van der Waals surface area contributed by atoms with Crippen LogP contribution in [-0.4, -0.2) is 28.1 Å². The molecule has 0 aliphatic heterocycles. The van der Waals surface area contributed by atoms with Gasteiger partial charge in [0.05, 0.1) is 5.25 Å². The van der Waals surface area contributed by atoms with Crippen LogP contribution < -0.4 is 0 Å². The van der Waals surface area contributed by atoms with Gasteiger partial charge in [-0.05, 0) is 19.4 Å². The fraction of sp³-hybridized carbons (Fsp3) is 0.333. The first-order valence-corrected chi connectivity index (χ1v) is 8.20. The molecule has 1 aromatic carbocycles. The Morgan fingerprint density at radius 3 is 2.70 bits per heavy atom. The molecule has 0 aliphatic rings. The molecule has 1 amide bonds. The second kappa shape index (κ2) is 6.90. The first-order valence-electron chi connectivity index (χ1n) is 6.44. The molecule has 3 nitrogen and oxygen atoms in total. The van der Waals surface area contributed by atoms with Crippen LogP contribution in [0, 0.1) is 6.92 Å². The van der Waals surface area contributed by atoms with Crippen LogP contribution >= 0.6 is 23.1 Å². The van der Waals surface area contributed by atoms with Gasteiger partial charge in [-0.1, -0.05) is 42.1 Å². The van der Waals surface area contributed by atoms with Crippen LogP contribution in [0.25, 0.3) is 0 Å². The lowest BCUT2D eigenvalue weighted by atomic mass is 10.2. The highest BCUT2D eigenvalue weighted by Gasteiger charge is 2.20. The molecule has 106 valence electrons. The number of carbonyl (C=O) groups is 1. The summed E-state index contributed by atoms with van der Waals surface area (Å²) in [5.74, 6) is 0.131. The molecule has 2 aromatic rings. The van der Waals surface area contributed by atoms with Gasteiger partial charge >= 0.3 is 0 Å². The third-order valence-electron chi connectivity index (χ3n) is 2.86. The summed E-state index contributed by atoms with van der Waals surface area (Å²) in [6.07, 6.45) is 0. The highest BCUT2D eigenvalue weighted by Crippen LogP contribution is 2.27. The number of carbonyl (C=O) groups excluding carboxylic acids is 1. The van der Waals surface area contributed by atoms with Gasteiger partial charge in [-0.2, -0.15) is 0 Å².